The van der Waals surface area contributed by atoms with E-state index in [0.29, 0.717) is 11.3 Å². The minimum atomic E-state index is -0.314. The van der Waals surface area contributed by atoms with Crippen molar-refractivity contribution in [3.63, 3.8) is 0 Å². The van der Waals surface area contributed by atoms with E-state index in [4.69, 9.17) is 0 Å². The van der Waals surface area contributed by atoms with E-state index in [2.05, 4.69) is 34.9 Å². The Kier molecular flexibility index (Phi) is 6.35. The second-order valence-corrected chi connectivity index (χ2v) is 6.91. The van der Waals surface area contributed by atoms with E-state index in [9.17, 15) is 9.59 Å². The van der Waals surface area contributed by atoms with Gasteiger partial charge in [-0.15, -0.1) is 0 Å². The first-order valence-corrected chi connectivity index (χ1v) is 9.41. The number of nitrogens with two attached hydrogens (primary N) is 1. The standard InChI is InChI=1S/C24H24N2O2/c1-17(24(28)26-22-15-9-14-21(16-22)18(2)27)25-23(19-10-5-3-6-11-19)20-12-7-4-8-13-20/h3-17,23,25H,1-2H3,(H,26,28)/p+1/t17-/m0/s1. The van der Waals surface area contributed by atoms with Gasteiger partial charge in [0, 0.05) is 22.4 Å². The van der Waals surface area contributed by atoms with Gasteiger partial charge in [0.15, 0.2) is 11.8 Å². The first kappa shape index (κ1) is 19.5. The average Bonchev–Trinajstić information content (AvgIpc) is 2.73. The fraction of sp³-hybridized carbons (Fsp3) is 0.167. The number of anilines is 1. The van der Waals surface area contributed by atoms with Gasteiger partial charge in [-0.2, -0.15) is 0 Å². The number of carbonyl (C=O) groups is 2. The van der Waals surface area contributed by atoms with E-state index in [1.165, 1.54) is 6.92 Å². The molecule has 3 aromatic carbocycles. The largest absolute Gasteiger partial charge is 0.326 e. The van der Waals surface area contributed by atoms with Gasteiger partial charge >= 0.3 is 0 Å². The number of carbonyl (C=O) groups excluding carboxylic acids is 2. The van der Waals surface area contributed by atoms with Crippen molar-refractivity contribution >= 4 is 17.4 Å². The highest BCUT2D eigenvalue weighted by atomic mass is 16.2. The Bertz CT molecular complexity index is 900. The van der Waals surface area contributed by atoms with Gasteiger partial charge in [-0.3, -0.25) is 9.59 Å². The summed E-state index contributed by atoms with van der Waals surface area (Å²) in [5, 5.41) is 4.99. The number of nitrogens with one attached hydrogen (secondary N) is 1. The zero-order chi connectivity index (χ0) is 19.9. The summed E-state index contributed by atoms with van der Waals surface area (Å²) in [5.74, 6) is -0.124. The Balaban J connectivity index is 1.76. The fourth-order valence-corrected chi connectivity index (χ4v) is 3.18. The van der Waals surface area contributed by atoms with E-state index < -0.39 is 0 Å². The van der Waals surface area contributed by atoms with Crippen LogP contribution in [0.25, 0.3) is 0 Å². The van der Waals surface area contributed by atoms with Crippen LogP contribution < -0.4 is 10.6 Å². The minimum Gasteiger partial charge on any atom is -0.326 e. The highest BCUT2D eigenvalue weighted by molar-refractivity contribution is 5.97. The van der Waals surface area contributed by atoms with Crippen molar-refractivity contribution < 1.29 is 14.9 Å². The summed E-state index contributed by atoms with van der Waals surface area (Å²) in [5.41, 5.74) is 3.51. The first-order valence-electron chi connectivity index (χ1n) is 9.41. The van der Waals surface area contributed by atoms with Crippen molar-refractivity contribution in [2.75, 3.05) is 5.32 Å². The van der Waals surface area contributed by atoms with Gasteiger partial charge in [-0.1, -0.05) is 72.8 Å². The molecule has 0 aliphatic heterocycles. The van der Waals surface area contributed by atoms with Crippen LogP contribution in [0.3, 0.4) is 0 Å². The van der Waals surface area contributed by atoms with Gasteiger partial charge in [0.1, 0.15) is 6.04 Å². The van der Waals surface area contributed by atoms with Gasteiger partial charge in [0.05, 0.1) is 0 Å². The maximum Gasteiger partial charge on any atom is 0.282 e. The third-order valence-electron chi connectivity index (χ3n) is 4.75. The molecule has 0 aliphatic rings. The van der Waals surface area contributed by atoms with Crippen LogP contribution in [-0.2, 0) is 4.79 Å². The summed E-state index contributed by atoms with van der Waals surface area (Å²) in [6.45, 7) is 3.41. The summed E-state index contributed by atoms with van der Waals surface area (Å²) in [4.78, 5) is 24.3. The van der Waals surface area contributed by atoms with Crippen molar-refractivity contribution in [1.29, 1.82) is 0 Å². The molecule has 0 bridgehead atoms. The maximum absolute atomic E-state index is 12.8. The third kappa shape index (κ3) is 4.93. The number of hydrogen-bond acceptors (Lipinski definition) is 2. The average molecular weight is 373 g/mol. The molecule has 0 spiro atoms. The van der Waals surface area contributed by atoms with Gasteiger partial charge in [-0.05, 0) is 26.0 Å². The molecule has 3 rings (SSSR count). The molecule has 0 unspecified atom stereocenters. The predicted octanol–water partition coefficient (Wildman–Crippen LogP) is 3.57. The van der Waals surface area contributed by atoms with Crippen LogP contribution in [-0.4, -0.2) is 17.7 Å². The summed E-state index contributed by atoms with van der Waals surface area (Å²) in [6.07, 6.45) is 0. The lowest BCUT2D eigenvalue weighted by Gasteiger charge is -2.21. The van der Waals surface area contributed by atoms with Crippen LogP contribution in [0, 0.1) is 0 Å². The minimum absolute atomic E-state index is 0.0201. The molecule has 3 aromatic rings. The molecule has 0 aromatic heterocycles. The lowest BCUT2D eigenvalue weighted by Crippen LogP contribution is -2.92. The molecule has 4 nitrogen and oxygen atoms in total. The maximum atomic E-state index is 12.8. The lowest BCUT2D eigenvalue weighted by molar-refractivity contribution is -0.704. The number of Topliss-reactive ketones (excluding diaryl/α,β-unsaturated/α-hetero) is 1. The predicted molar refractivity (Wildman–Crippen MR) is 111 cm³/mol. The Hall–Kier alpha value is -3.24. The molecule has 28 heavy (non-hydrogen) atoms. The van der Waals surface area contributed by atoms with Crippen LogP contribution >= 0.6 is 0 Å². The number of benzene rings is 3. The molecule has 1 amide bonds. The van der Waals surface area contributed by atoms with E-state index in [1.807, 2.05) is 43.3 Å². The SMILES string of the molecule is CC(=O)c1cccc(NC(=O)[C@H](C)[NH2+]C(c2ccccc2)c2ccccc2)c1. The number of rotatable bonds is 7. The van der Waals surface area contributed by atoms with Crippen molar-refractivity contribution in [1.82, 2.24) is 0 Å². The van der Waals surface area contributed by atoms with Gasteiger partial charge in [0.2, 0.25) is 0 Å². The smallest absolute Gasteiger partial charge is 0.282 e. The number of amides is 1. The monoisotopic (exact) mass is 373 g/mol. The van der Waals surface area contributed by atoms with Crippen LogP contribution in [0.15, 0.2) is 84.9 Å². The Morgan fingerprint density at radius 3 is 1.93 bits per heavy atom. The Morgan fingerprint density at radius 2 is 1.39 bits per heavy atom. The summed E-state index contributed by atoms with van der Waals surface area (Å²) in [6, 6.07) is 27.1. The molecule has 142 valence electrons. The molecule has 4 heteroatoms. The molecule has 1 atom stereocenters. The molecule has 0 radical (unpaired) electrons. The van der Waals surface area contributed by atoms with Crippen molar-refractivity contribution in [3.05, 3.63) is 102 Å². The quantitative estimate of drug-likeness (QED) is 0.622. The molecule has 3 N–H and O–H groups in total. The lowest BCUT2D eigenvalue weighted by atomic mass is 9.98. The normalized spacial score (nSPS) is 11.8. The van der Waals surface area contributed by atoms with Crippen LogP contribution in [0.2, 0.25) is 0 Å². The van der Waals surface area contributed by atoms with Crippen molar-refractivity contribution in [2.24, 2.45) is 0 Å². The molecular formula is C24H25N2O2+. The van der Waals surface area contributed by atoms with Gasteiger partial charge in [-0.25, -0.2) is 0 Å². The van der Waals surface area contributed by atoms with Crippen molar-refractivity contribution in [2.45, 2.75) is 25.9 Å². The second-order valence-electron chi connectivity index (χ2n) is 6.91. The summed E-state index contributed by atoms with van der Waals surface area (Å²) in [7, 11) is 0. The Labute approximate surface area is 165 Å². The van der Waals surface area contributed by atoms with E-state index >= 15 is 0 Å². The van der Waals surface area contributed by atoms with Crippen LogP contribution in [0.5, 0.6) is 0 Å². The molecular weight excluding hydrogens is 348 g/mol. The third-order valence-corrected chi connectivity index (χ3v) is 4.75. The highest BCUT2D eigenvalue weighted by Crippen LogP contribution is 2.18. The summed E-state index contributed by atoms with van der Waals surface area (Å²) >= 11 is 0. The van der Waals surface area contributed by atoms with Crippen molar-refractivity contribution in [3.8, 4) is 0 Å². The van der Waals surface area contributed by atoms with Gasteiger partial charge < -0.3 is 10.6 Å². The Morgan fingerprint density at radius 1 is 0.821 bits per heavy atom. The molecule has 0 heterocycles. The highest BCUT2D eigenvalue weighted by Gasteiger charge is 2.24. The zero-order valence-electron chi connectivity index (χ0n) is 16.1. The van der Waals surface area contributed by atoms with Crippen LogP contribution in [0.1, 0.15) is 41.4 Å². The number of hydrogen-bond donors (Lipinski definition) is 2. The van der Waals surface area contributed by atoms with E-state index in [-0.39, 0.29) is 23.8 Å². The molecule has 0 fully saturated rings. The molecule has 0 saturated heterocycles. The second kappa shape index (κ2) is 9.11. The molecule has 0 saturated carbocycles. The van der Waals surface area contributed by atoms with E-state index in [1.54, 1.807) is 24.3 Å². The first-order chi connectivity index (χ1) is 13.5. The molecule has 0 aliphatic carbocycles. The van der Waals surface area contributed by atoms with E-state index in [0.717, 1.165) is 11.1 Å². The number of quaternary nitrogens is 1. The number of ketones is 1. The fourth-order valence-electron chi connectivity index (χ4n) is 3.18. The summed E-state index contributed by atoms with van der Waals surface area (Å²) < 4.78 is 0. The topological polar surface area (TPSA) is 62.8 Å². The van der Waals surface area contributed by atoms with Crippen LogP contribution in [0.4, 0.5) is 5.69 Å². The zero-order valence-corrected chi connectivity index (χ0v) is 16.1. The van der Waals surface area contributed by atoms with Gasteiger partial charge in [0.25, 0.3) is 5.91 Å².